The zero-order valence-corrected chi connectivity index (χ0v) is 9.56. The van der Waals surface area contributed by atoms with Crippen molar-refractivity contribution in [3.05, 3.63) is 33.9 Å². The largest absolute Gasteiger partial charge is 0.379 e. The molecule has 4 heteroatoms. The van der Waals surface area contributed by atoms with E-state index in [0.29, 0.717) is 11.8 Å². The van der Waals surface area contributed by atoms with Crippen LogP contribution in [0, 0.1) is 16.0 Å². The van der Waals surface area contributed by atoms with Gasteiger partial charge in [-0.05, 0) is 11.5 Å². The molecule has 0 saturated heterocycles. The molecule has 0 amide bonds. The summed E-state index contributed by atoms with van der Waals surface area (Å²) in [5.74, 6) is 0.954. The quantitative estimate of drug-likeness (QED) is 0.628. The molecule has 0 aromatic heterocycles. The van der Waals surface area contributed by atoms with Gasteiger partial charge in [0.05, 0.1) is 4.92 Å². The van der Waals surface area contributed by atoms with Crippen molar-refractivity contribution in [3.63, 3.8) is 0 Å². The number of para-hydroxylation sites is 1. The topological polar surface area (TPSA) is 55.2 Å². The minimum absolute atomic E-state index is 0.198. The van der Waals surface area contributed by atoms with E-state index in [-0.39, 0.29) is 10.6 Å². The number of nitro benzene ring substituents is 1. The standard InChI is InChI=1S/C12H16N2O2/c1-3-8(2)10-7-13-12-9(10)5-4-6-11(12)14(15)16/h4-6,8,10,13H,3,7H2,1-2H3. The van der Waals surface area contributed by atoms with E-state index >= 15 is 0 Å². The third kappa shape index (κ3) is 1.64. The van der Waals surface area contributed by atoms with Gasteiger partial charge in [-0.2, -0.15) is 0 Å². The summed E-state index contributed by atoms with van der Waals surface area (Å²) < 4.78 is 0. The molecule has 2 atom stereocenters. The molecule has 1 N–H and O–H groups in total. The lowest BCUT2D eigenvalue weighted by atomic mass is 9.87. The summed E-state index contributed by atoms with van der Waals surface area (Å²) in [5.41, 5.74) is 2.02. The molecule has 0 aliphatic carbocycles. The van der Waals surface area contributed by atoms with Crippen LogP contribution in [0.25, 0.3) is 0 Å². The predicted molar refractivity (Wildman–Crippen MR) is 63.8 cm³/mol. The number of nitro groups is 1. The Balaban J connectivity index is 2.41. The third-order valence-corrected chi connectivity index (χ3v) is 3.50. The second-order valence-corrected chi connectivity index (χ2v) is 4.37. The highest BCUT2D eigenvalue weighted by atomic mass is 16.6. The second kappa shape index (κ2) is 4.12. The highest BCUT2D eigenvalue weighted by molar-refractivity contribution is 5.70. The first-order chi connectivity index (χ1) is 7.65. The Labute approximate surface area is 94.8 Å². The lowest BCUT2D eigenvalue weighted by molar-refractivity contribution is -0.383. The molecular formula is C12H16N2O2. The van der Waals surface area contributed by atoms with Gasteiger partial charge in [-0.3, -0.25) is 10.1 Å². The fraction of sp³-hybridized carbons (Fsp3) is 0.500. The maximum atomic E-state index is 10.9. The van der Waals surface area contributed by atoms with Gasteiger partial charge in [0.2, 0.25) is 0 Å². The van der Waals surface area contributed by atoms with Crippen LogP contribution in [0.3, 0.4) is 0 Å². The van der Waals surface area contributed by atoms with Crippen molar-refractivity contribution >= 4 is 11.4 Å². The molecule has 0 saturated carbocycles. The Bertz CT molecular complexity index is 417. The zero-order valence-electron chi connectivity index (χ0n) is 9.56. The van der Waals surface area contributed by atoms with Crippen molar-refractivity contribution in [1.29, 1.82) is 0 Å². The predicted octanol–water partition coefficient (Wildman–Crippen LogP) is 3.15. The summed E-state index contributed by atoms with van der Waals surface area (Å²) in [7, 11) is 0. The molecule has 16 heavy (non-hydrogen) atoms. The van der Waals surface area contributed by atoms with Gasteiger partial charge >= 0.3 is 0 Å². The monoisotopic (exact) mass is 220 g/mol. The fourth-order valence-corrected chi connectivity index (χ4v) is 2.33. The molecule has 0 bridgehead atoms. The van der Waals surface area contributed by atoms with Gasteiger partial charge in [0.25, 0.3) is 5.69 Å². The Hall–Kier alpha value is -1.58. The maximum absolute atomic E-state index is 10.9. The number of benzene rings is 1. The van der Waals surface area contributed by atoms with Crippen molar-refractivity contribution in [2.75, 3.05) is 11.9 Å². The van der Waals surface area contributed by atoms with Gasteiger partial charge < -0.3 is 5.32 Å². The minimum atomic E-state index is -0.315. The summed E-state index contributed by atoms with van der Waals surface area (Å²) in [4.78, 5) is 10.6. The van der Waals surface area contributed by atoms with Crippen molar-refractivity contribution in [2.45, 2.75) is 26.2 Å². The first-order valence-corrected chi connectivity index (χ1v) is 5.66. The lowest BCUT2D eigenvalue weighted by Crippen LogP contribution is -2.10. The number of rotatable bonds is 3. The third-order valence-electron chi connectivity index (χ3n) is 3.50. The molecule has 2 rings (SSSR count). The van der Waals surface area contributed by atoms with E-state index in [1.807, 2.05) is 6.07 Å². The molecule has 1 aromatic carbocycles. The Kier molecular flexibility index (Phi) is 2.81. The van der Waals surface area contributed by atoms with E-state index in [1.54, 1.807) is 12.1 Å². The fourth-order valence-electron chi connectivity index (χ4n) is 2.33. The molecule has 86 valence electrons. The number of hydrogen-bond donors (Lipinski definition) is 1. The highest BCUT2D eigenvalue weighted by Gasteiger charge is 2.31. The van der Waals surface area contributed by atoms with Gasteiger partial charge in [0, 0.05) is 18.5 Å². The first-order valence-electron chi connectivity index (χ1n) is 5.66. The van der Waals surface area contributed by atoms with Crippen LogP contribution in [-0.2, 0) is 0 Å². The van der Waals surface area contributed by atoms with E-state index in [2.05, 4.69) is 19.2 Å². The summed E-state index contributed by atoms with van der Waals surface area (Å²) >= 11 is 0. The van der Waals surface area contributed by atoms with E-state index in [0.717, 1.165) is 24.2 Å². The molecule has 0 fully saturated rings. The van der Waals surface area contributed by atoms with E-state index in [4.69, 9.17) is 0 Å². The Morgan fingerprint density at radius 2 is 2.38 bits per heavy atom. The number of nitrogens with zero attached hydrogens (tertiary/aromatic N) is 1. The van der Waals surface area contributed by atoms with Crippen LogP contribution in [0.1, 0.15) is 31.7 Å². The normalized spacial score (nSPS) is 20.0. The van der Waals surface area contributed by atoms with Gasteiger partial charge in [-0.15, -0.1) is 0 Å². The van der Waals surface area contributed by atoms with Crippen molar-refractivity contribution in [1.82, 2.24) is 0 Å². The van der Waals surface area contributed by atoms with Crippen LogP contribution < -0.4 is 5.32 Å². The molecule has 4 nitrogen and oxygen atoms in total. The number of nitrogens with one attached hydrogen (secondary N) is 1. The van der Waals surface area contributed by atoms with E-state index in [9.17, 15) is 10.1 Å². The van der Waals surface area contributed by atoms with Crippen LogP contribution in [0.4, 0.5) is 11.4 Å². The summed E-state index contributed by atoms with van der Waals surface area (Å²) in [6, 6.07) is 5.34. The van der Waals surface area contributed by atoms with Gasteiger partial charge in [0.1, 0.15) is 5.69 Å². The van der Waals surface area contributed by atoms with Gasteiger partial charge in [0.15, 0.2) is 0 Å². The zero-order chi connectivity index (χ0) is 11.7. The molecule has 1 aliphatic heterocycles. The van der Waals surface area contributed by atoms with Crippen LogP contribution in [0.15, 0.2) is 18.2 Å². The molecule has 2 unspecified atom stereocenters. The summed E-state index contributed by atoms with van der Waals surface area (Å²) in [5, 5.41) is 14.0. The molecule has 1 heterocycles. The van der Waals surface area contributed by atoms with Crippen LogP contribution >= 0.6 is 0 Å². The number of anilines is 1. The van der Waals surface area contributed by atoms with Crippen molar-refractivity contribution in [2.24, 2.45) is 5.92 Å². The smallest absolute Gasteiger partial charge is 0.292 e. The second-order valence-electron chi connectivity index (χ2n) is 4.37. The SMILES string of the molecule is CCC(C)C1CNc2c1cccc2[N+](=O)[O-]. The van der Waals surface area contributed by atoms with Crippen molar-refractivity contribution in [3.8, 4) is 0 Å². The molecule has 1 aliphatic rings. The first kappa shape index (κ1) is 10.9. The van der Waals surface area contributed by atoms with Crippen LogP contribution in [0.2, 0.25) is 0 Å². The molecule has 0 spiro atoms. The van der Waals surface area contributed by atoms with Crippen LogP contribution in [0.5, 0.6) is 0 Å². The lowest BCUT2D eigenvalue weighted by Gasteiger charge is -2.16. The summed E-state index contributed by atoms with van der Waals surface area (Å²) in [6.07, 6.45) is 1.09. The Morgan fingerprint density at radius 1 is 1.62 bits per heavy atom. The van der Waals surface area contributed by atoms with Gasteiger partial charge in [-0.25, -0.2) is 0 Å². The van der Waals surface area contributed by atoms with Crippen LogP contribution in [-0.4, -0.2) is 11.5 Å². The minimum Gasteiger partial charge on any atom is -0.379 e. The Morgan fingerprint density at radius 3 is 3.00 bits per heavy atom. The molecule has 1 aromatic rings. The average Bonchev–Trinajstić information content (AvgIpc) is 2.71. The number of fused-ring (bicyclic) bond motifs is 1. The molecular weight excluding hydrogens is 204 g/mol. The highest BCUT2D eigenvalue weighted by Crippen LogP contribution is 2.42. The summed E-state index contributed by atoms with van der Waals surface area (Å²) in [6.45, 7) is 5.16. The van der Waals surface area contributed by atoms with Crippen molar-refractivity contribution < 1.29 is 4.92 Å². The maximum Gasteiger partial charge on any atom is 0.292 e. The number of hydrogen-bond acceptors (Lipinski definition) is 3. The average molecular weight is 220 g/mol. The molecule has 0 radical (unpaired) electrons. The van der Waals surface area contributed by atoms with E-state index in [1.165, 1.54) is 0 Å². The van der Waals surface area contributed by atoms with E-state index < -0.39 is 0 Å². The van der Waals surface area contributed by atoms with Gasteiger partial charge in [-0.1, -0.05) is 32.4 Å².